The summed E-state index contributed by atoms with van der Waals surface area (Å²) in [5.41, 5.74) is 5.29. The van der Waals surface area contributed by atoms with Crippen molar-refractivity contribution < 1.29 is 9.59 Å². The molecule has 1 saturated heterocycles. The van der Waals surface area contributed by atoms with Crippen LogP contribution in [0.15, 0.2) is 6.07 Å². The Labute approximate surface area is 97.3 Å². The van der Waals surface area contributed by atoms with Gasteiger partial charge in [-0.05, 0) is 6.92 Å². The van der Waals surface area contributed by atoms with Gasteiger partial charge >= 0.3 is 0 Å². The van der Waals surface area contributed by atoms with Crippen molar-refractivity contribution in [3.63, 3.8) is 0 Å². The van der Waals surface area contributed by atoms with E-state index in [4.69, 9.17) is 5.73 Å². The van der Waals surface area contributed by atoms with Gasteiger partial charge in [0.1, 0.15) is 5.82 Å². The minimum atomic E-state index is -0.802. The van der Waals surface area contributed by atoms with Gasteiger partial charge in [0.2, 0.25) is 5.91 Å². The molecule has 0 saturated carbocycles. The first-order valence-corrected chi connectivity index (χ1v) is 5.44. The third kappa shape index (κ3) is 1.22. The molecule has 0 aliphatic carbocycles. The number of rotatable bonds is 1. The highest BCUT2D eigenvalue weighted by atomic mass is 16.2. The summed E-state index contributed by atoms with van der Waals surface area (Å²) < 4.78 is 1.67. The van der Waals surface area contributed by atoms with Gasteiger partial charge in [0.05, 0.1) is 11.7 Å². The van der Waals surface area contributed by atoms with Crippen LogP contribution in [0.4, 0.5) is 5.82 Å². The smallest absolute Gasteiger partial charge is 0.255 e. The van der Waals surface area contributed by atoms with Crippen molar-refractivity contribution in [2.75, 3.05) is 11.9 Å². The summed E-state index contributed by atoms with van der Waals surface area (Å²) in [7, 11) is 0. The number of nitrogens with one attached hydrogen (secondary N) is 2. The average molecular weight is 235 g/mol. The summed E-state index contributed by atoms with van der Waals surface area (Å²) in [6, 6.07) is 1.33. The Morgan fingerprint density at radius 3 is 3.12 bits per heavy atom. The zero-order chi connectivity index (χ0) is 12.2. The number of hydrogen-bond acceptors (Lipinski definition) is 4. The van der Waals surface area contributed by atoms with Gasteiger partial charge in [-0.2, -0.15) is 5.10 Å². The molecular weight excluding hydrogens is 222 g/mol. The summed E-state index contributed by atoms with van der Waals surface area (Å²) in [6.45, 7) is 2.24. The molecule has 1 fully saturated rings. The number of nitrogens with two attached hydrogens (primary N) is 1. The maximum atomic E-state index is 12.0. The van der Waals surface area contributed by atoms with Gasteiger partial charge in [-0.25, -0.2) is 4.68 Å². The molecule has 1 aromatic rings. The molecule has 2 amide bonds. The quantitative estimate of drug-likeness (QED) is 0.562. The summed E-state index contributed by atoms with van der Waals surface area (Å²) in [6.07, 6.45) is 0.349. The van der Waals surface area contributed by atoms with Gasteiger partial charge < -0.3 is 16.4 Å². The van der Waals surface area contributed by atoms with Crippen molar-refractivity contribution in [1.82, 2.24) is 15.1 Å². The number of nitrogens with zero attached hydrogens (tertiary/aromatic N) is 2. The molecule has 0 radical (unpaired) electrons. The number of amides is 2. The normalized spacial score (nSPS) is 30.6. The Kier molecular flexibility index (Phi) is 1.86. The molecule has 3 rings (SSSR count). The number of primary amides is 1. The standard InChI is InChI=1S/C10H13N5O2/c1-5-2-7-13-9(17)10(15(7)14-5)3-6(8(11)16)12-4-10/h2,6,12H,3-4H2,1H3,(H2,11,16)(H,13,17)/t6-,10+/m0/s1. The van der Waals surface area contributed by atoms with Gasteiger partial charge in [-0.1, -0.05) is 0 Å². The molecule has 0 unspecified atom stereocenters. The topological polar surface area (TPSA) is 102 Å². The van der Waals surface area contributed by atoms with E-state index in [2.05, 4.69) is 15.7 Å². The van der Waals surface area contributed by atoms with E-state index < -0.39 is 17.5 Å². The van der Waals surface area contributed by atoms with Crippen LogP contribution in [0.5, 0.6) is 0 Å². The number of carbonyl (C=O) groups is 2. The molecule has 2 aliphatic heterocycles. The zero-order valence-electron chi connectivity index (χ0n) is 9.36. The van der Waals surface area contributed by atoms with E-state index in [1.54, 1.807) is 4.68 Å². The predicted octanol–water partition coefficient (Wildman–Crippen LogP) is -1.31. The van der Waals surface area contributed by atoms with E-state index in [0.29, 0.717) is 18.8 Å². The van der Waals surface area contributed by atoms with Crippen LogP contribution >= 0.6 is 0 Å². The van der Waals surface area contributed by atoms with Crippen LogP contribution in [0.25, 0.3) is 0 Å². The number of carbonyl (C=O) groups excluding carboxylic acids is 2. The average Bonchev–Trinajstić information content (AvgIpc) is 2.87. The lowest BCUT2D eigenvalue weighted by atomic mass is 9.96. The lowest BCUT2D eigenvalue weighted by Gasteiger charge is -2.20. The van der Waals surface area contributed by atoms with Crippen LogP contribution in [-0.4, -0.2) is 34.2 Å². The molecule has 4 N–H and O–H groups in total. The third-order valence-electron chi connectivity index (χ3n) is 3.43. The Balaban J connectivity index is 2.03. The van der Waals surface area contributed by atoms with Crippen molar-refractivity contribution in [3.05, 3.63) is 11.8 Å². The fourth-order valence-corrected chi connectivity index (χ4v) is 2.55. The lowest BCUT2D eigenvalue weighted by molar-refractivity contribution is -0.123. The molecule has 7 nitrogen and oxygen atoms in total. The monoisotopic (exact) mass is 235 g/mol. The molecule has 1 aromatic heterocycles. The van der Waals surface area contributed by atoms with Crippen molar-refractivity contribution in [1.29, 1.82) is 0 Å². The van der Waals surface area contributed by atoms with E-state index in [0.717, 1.165) is 5.69 Å². The maximum absolute atomic E-state index is 12.0. The van der Waals surface area contributed by atoms with E-state index in [-0.39, 0.29) is 5.91 Å². The van der Waals surface area contributed by atoms with Crippen molar-refractivity contribution in [2.45, 2.75) is 24.9 Å². The first-order chi connectivity index (χ1) is 8.03. The maximum Gasteiger partial charge on any atom is 0.255 e. The summed E-state index contributed by atoms with van der Waals surface area (Å²) >= 11 is 0. The molecule has 90 valence electrons. The van der Waals surface area contributed by atoms with Crippen LogP contribution < -0.4 is 16.4 Å². The first kappa shape index (κ1) is 10.3. The van der Waals surface area contributed by atoms with Crippen LogP contribution in [0.1, 0.15) is 12.1 Å². The van der Waals surface area contributed by atoms with E-state index >= 15 is 0 Å². The van der Waals surface area contributed by atoms with Crippen LogP contribution in [-0.2, 0) is 15.1 Å². The molecule has 17 heavy (non-hydrogen) atoms. The molecule has 2 aliphatic rings. The van der Waals surface area contributed by atoms with Crippen LogP contribution in [0.3, 0.4) is 0 Å². The lowest BCUT2D eigenvalue weighted by Crippen LogP contribution is -2.41. The largest absolute Gasteiger partial charge is 0.368 e. The third-order valence-corrected chi connectivity index (χ3v) is 3.43. The molecule has 0 bridgehead atoms. The molecule has 2 atom stereocenters. The van der Waals surface area contributed by atoms with E-state index in [1.807, 2.05) is 13.0 Å². The summed E-state index contributed by atoms with van der Waals surface area (Å²) in [5.74, 6) is 0.114. The Morgan fingerprint density at radius 2 is 2.47 bits per heavy atom. The Bertz CT molecular complexity index is 523. The Hall–Kier alpha value is -1.89. The van der Waals surface area contributed by atoms with Gasteiger partial charge in [0, 0.05) is 19.0 Å². The van der Waals surface area contributed by atoms with Crippen LogP contribution in [0, 0.1) is 6.92 Å². The second-order valence-corrected chi connectivity index (χ2v) is 4.61. The highest BCUT2D eigenvalue weighted by Crippen LogP contribution is 2.36. The first-order valence-electron chi connectivity index (χ1n) is 5.44. The molecule has 7 heteroatoms. The van der Waals surface area contributed by atoms with Gasteiger partial charge in [-0.3, -0.25) is 9.59 Å². The highest BCUT2D eigenvalue weighted by molar-refractivity contribution is 6.01. The molecule has 0 aromatic carbocycles. The summed E-state index contributed by atoms with van der Waals surface area (Å²) in [4.78, 5) is 23.2. The van der Waals surface area contributed by atoms with Crippen molar-refractivity contribution >= 4 is 17.6 Å². The minimum absolute atomic E-state index is 0.128. The van der Waals surface area contributed by atoms with E-state index in [9.17, 15) is 9.59 Å². The van der Waals surface area contributed by atoms with Crippen molar-refractivity contribution in [2.24, 2.45) is 5.73 Å². The number of aryl methyl sites for hydroxylation is 1. The fourth-order valence-electron chi connectivity index (χ4n) is 2.55. The second-order valence-electron chi connectivity index (χ2n) is 4.61. The number of fused-ring (bicyclic) bond motifs is 2. The van der Waals surface area contributed by atoms with Crippen LogP contribution in [0.2, 0.25) is 0 Å². The van der Waals surface area contributed by atoms with Gasteiger partial charge in [-0.15, -0.1) is 0 Å². The minimum Gasteiger partial charge on any atom is -0.368 e. The van der Waals surface area contributed by atoms with Gasteiger partial charge in [0.15, 0.2) is 5.54 Å². The Morgan fingerprint density at radius 1 is 1.71 bits per heavy atom. The number of aromatic nitrogens is 2. The second kappa shape index (κ2) is 3.07. The fraction of sp³-hybridized carbons (Fsp3) is 0.500. The molecule has 3 heterocycles. The van der Waals surface area contributed by atoms with Gasteiger partial charge in [0.25, 0.3) is 5.91 Å². The number of anilines is 1. The highest BCUT2D eigenvalue weighted by Gasteiger charge is 2.53. The molecular formula is C10H13N5O2. The SMILES string of the molecule is Cc1cc2n(n1)[C@]1(CN[C@H](C(N)=O)C1)C(=O)N2. The summed E-state index contributed by atoms with van der Waals surface area (Å²) in [5, 5.41) is 10.1. The van der Waals surface area contributed by atoms with E-state index in [1.165, 1.54) is 0 Å². The zero-order valence-corrected chi connectivity index (χ0v) is 9.36. The van der Waals surface area contributed by atoms with Crippen molar-refractivity contribution in [3.8, 4) is 0 Å². The predicted molar refractivity (Wildman–Crippen MR) is 59.2 cm³/mol. The molecule has 1 spiro atoms. The number of hydrogen-bond donors (Lipinski definition) is 3.